The van der Waals surface area contributed by atoms with E-state index in [4.69, 9.17) is 0 Å². The number of hydrogen-bond donors (Lipinski definition) is 1. The lowest BCUT2D eigenvalue weighted by Gasteiger charge is -2.43. The van der Waals surface area contributed by atoms with Crippen LogP contribution in [0, 0.1) is 5.82 Å². The molecule has 1 aromatic heterocycles. The maximum Gasteiger partial charge on any atom is 0.435 e. The number of aryl methyl sites for hydroxylation is 1. The fourth-order valence-electron chi connectivity index (χ4n) is 6.51. The van der Waals surface area contributed by atoms with Gasteiger partial charge < -0.3 is 4.90 Å². The molecule has 0 radical (unpaired) electrons. The molecule has 1 saturated heterocycles. The summed E-state index contributed by atoms with van der Waals surface area (Å²) >= 11 is 0. The highest BCUT2D eigenvalue weighted by atomic mass is 32.2. The van der Waals surface area contributed by atoms with Crippen molar-refractivity contribution >= 4 is 15.7 Å². The van der Waals surface area contributed by atoms with Crippen LogP contribution in [0.1, 0.15) is 39.9 Å². The first kappa shape index (κ1) is 31.6. The van der Waals surface area contributed by atoms with E-state index < -0.39 is 55.9 Å². The highest BCUT2D eigenvalue weighted by molar-refractivity contribution is 7.92. The summed E-state index contributed by atoms with van der Waals surface area (Å²) in [5.41, 5.74) is -7.20. The van der Waals surface area contributed by atoms with E-state index >= 15 is 4.39 Å². The first-order valence-electron chi connectivity index (χ1n) is 13.6. The van der Waals surface area contributed by atoms with Gasteiger partial charge in [0.15, 0.2) is 9.84 Å². The number of halogens is 8. The van der Waals surface area contributed by atoms with Crippen LogP contribution in [0.4, 0.5) is 35.1 Å². The lowest BCUT2D eigenvalue weighted by Crippen LogP contribution is -2.53. The first-order valence-corrected chi connectivity index (χ1v) is 15.1. The van der Waals surface area contributed by atoms with E-state index in [2.05, 4.69) is 20.6 Å². The van der Waals surface area contributed by atoms with Gasteiger partial charge in [0.2, 0.25) is 5.82 Å². The third kappa shape index (κ3) is 4.57. The number of tetrazole rings is 1. The zero-order valence-electron chi connectivity index (χ0n) is 23.2. The van der Waals surface area contributed by atoms with E-state index in [0.717, 1.165) is 30.3 Å². The Bertz CT molecular complexity index is 1880. The van der Waals surface area contributed by atoms with Gasteiger partial charge in [-0.15, -0.1) is 10.2 Å². The highest BCUT2D eigenvalue weighted by Gasteiger charge is 2.73. The van der Waals surface area contributed by atoms with Gasteiger partial charge in [-0.05, 0) is 72.0 Å². The predicted molar refractivity (Wildman–Crippen MR) is 144 cm³/mol. The van der Waals surface area contributed by atoms with Crippen molar-refractivity contribution in [1.29, 1.82) is 0 Å². The smallest absolute Gasteiger partial charge is 0.334 e. The number of fused-ring (bicyclic) bond motifs is 3. The molecule has 2 atom stereocenters. The topological polar surface area (TPSA) is 109 Å². The summed E-state index contributed by atoms with van der Waals surface area (Å²) in [5.74, 6) is -1.09. The Kier molecular flexibility index (Phi) is 7.25. The summed E-state index contributed by atoms with van der Waals surface area (Å²) in [6.45, 7) is -0.157. The maximum atomic E-state index is 15.0. The van der Waals surface area contributed by atoms with Crippen LogP contribution in [0.15, 0.2) is 71.6 Å². The van der Waals surface area contributed by atoms with Crippen LogP contribution in [-0.2, 0) is 26.7 Å². The van der Waals surface area contributed by atoms with Crippen molar-refractivity contribution < 1.29 is 48.3 Å². The maximum absolute atomic E-state index is 15.0. The summed E-state index contributed by atoms with van der Waals surface area (Å²) in [6.07, 6.45) is -13.5. The summed E-state index contributed by atoms with van der Waals surface area (Å²) in [6, 6.07) is 10.1. The Balaban J connectivity index is 1.47. The van der Waals surface area contributed by atoms with Crippen molar-refractivity contribution in [3.05, 3.63) is 94.8 Å². The minimum atomic E-state index is -6.37. The lowest BCUT2D eigenvalue weighted by molar-refractivity contribution is -0.348. The molecule has 2 heterocycles. The quantitative estimate of drug-likeness (QED) is 0.212. The van der Waals surface area contributed by atoms with E-state index in [-0.39, 0.29) is 59.3 Å². The minimum absolute atomic E-state index is 0.154. The summed E-state index contributed by atoms with van der Waals surface area (Å²) < 4.78 is 137. The van der Waals surface area contributed by atoms with Crippen LogP contribution in [0.2, 0.25) is 0 Å². The first-order chi connectivity index (χ1) is 21.5. The fraction of sp³-hybridized carbons (Fsp3) is 0.310. The van der Waals surface area contributed by atoms with Gasteiger partial charge in [0.25, 0.3) is 5.91 Å². The Morgan fingerprint density at radius 2 is 1.57 bits per heavy atom. The van der Waals surface area contributed by atoms with Gasteiger partial charge in [-0.3, -0.25) is 4.79 Å². The number of carbonyl (C=O) groups excluding carboxylic acids is 1. The third-order valence-electron chi connectivity index (χ3n) is 8.67. The molecule has 0 unspecified atom stereocenters. The van der Waals surface area contributed by atoms with Crippen molar-refractivity contribution in [3.63, 3.8) is 0 Å². The second-order valence-electron chi connectivity index (χ2n) is 11.0. The summed E-state index contributed by atoms with van der Waals surface area (Å²) in [5, 5.41) is 13.5. The molecule has 4 aromatic rings. The number of aromatic nitrogens is 4. The third-order valence-corrected chi connectivity index (χ3v) is 11.2. The zero-order chi connectivity index (χ0) is 33.3. The van der Waals surface area contributed by atoms with E-state index in [0.29, 0.717) is 11.6 Å². The molecule has 1 aliphatic carbocycles. The number of carbonyl (C=O) groups is 1. The molecule has 0 spiro atoms. The van der Waals surface area contributed by atoms with Crippen LogP contribution in [-0.4, -0.2) is 64.8 Å². The second-order valence-corrected chi connectivity index (χ2v) is 13.2. The average Bonchev–Trinajstić information content (AvgIpc) is 3.69. The highest BCUT2D eigenvalue weighted by Crippen LogP contribution is 2.56. The largest absolute Gasteiger partial charge is 0.435 e. The van der Waals surface area contributed by atoms with Gasteiger partial charge >= 0.3 is 18.0 Å². The van der Waals surface area contributed by atoms with Crippen LogP contribution >= 0.6 is 0 Å². The molecule has 17 heteroatoms. The van der Waals surface area contributed by atoms with E-state index in [9.17, 15) is 43.9 Å². The lowest BCUT2D eigenvalue weighted by atomic mass is 9.76. The molecule has 2 aliphatic rings. The number of sulfone groups is 1. The molecular formula is C29H21F8N5O3S. The fourth-order valence-corrected chi connectivity index (χ4v) is 8.88. The number of aromatic amines is 1. The van der Waals surface area contributed by atoms with E-state index in [1.165, 1.54) is 17.0 Å². The minimum Gasteiger partial charge on any atom is -0.334 e. The molecule has 46 heavy (non-hydrogen) atoms. The number of benzene rings is 3. The van der Waals surface area contributed by atoms with Crippen LogP contribution < -0.4 is 0 Å². The van der Waals surface area contributed by atoms with Crippen molar-refractivity contribution in [2.24, 2.45) is 0 Å². The monoisotopic (exact) mass is 671 g/mol. The predicted octanol–water partition coefficient (Wildman–Crippen LogP) is 5.83. The van der Waals surface area contributed by atoms with Crippen molar-refractivity contribution in [2.45, 2.75) is 53.0 Å². The number of H-pyrrole nitrogens is 1. The molecule has 1 N–H and O–H groups in total. The molecule has 242 valence electrons. The van der Waals surface area contributed by atoms with Crippen molar-refractivity contribution in [2.75, 3.05) is 6.54 Å². The second kappa shape index (κ2) is 10.6. The molecule has 1 fully saturated rings. The van der Waals surface area contributed by atoms with E-state index in [1.54, 1.807) is 12.1 Å². The van der Waals surface area contributed by atoms with Gasteiger partial charge in [0.05, 0.1) is 10.9 Å². The van der Waals surface area contributed by atoms with Gasteiger partial charge in [-0.2, -0.15) is 31.6 Å². The number of nitrogens with one attached hydrogen (secondary N) is 1. The molecule has 8 nitrogen and oxygen atoms in total. The van der Waals surface area contributed by atoms with Crippen LogP contribution in [0.3, 0.4) is 0 Å². The number of alkyl halides is 7. The Morgan fingerprint density at radius 1 is 0.913 bits per heavy atom. The number of rotatable bonds is 5. The molecular weight excluding hydrogens is 650 g/mol. The Morgan fingerprint density at radius 3 is 2.15 bits per heavy atom. The average molecular weight is 672 g/mol. The SMILES string of the molecule is O=C(c1ccc(-c2nn[nH]n2)cc1)N1CC[C@@]2(S(=O)(=O)c3ccc(F)cc3)c3ccc(C(F)(C(F)(F)F)C(F)(F)F)cc3CC[C@@H]12. The molecule has 3 aromatic carbocycles. The molecule has 0 saturated carbocycles. The Hall–Kier alpha value is -4.41. The number of likely N-dealkylation sites (tertiary alicyclic amines) is 1. The number of amides is 1. The summed E-state index contributed by atoms with van der Waals surface area (Å²) in [4.78, 5) is 14.7. The van der Waals surface area contributed by atoms with Crippen molar-refractivity contribution in [3.8, 4) is 11.4 Å². The van der Waals surface area contributed by atoms with Gasteiger partial charge in [-0.1, -0.05) is 30.3 Å². The van der Waals surface area contributed by atoms with Crippen molar-refractivity contribution in [1.82, 2.24) is 25.5 Å². The van der Waals surface area contributed by atoms with Gasteiger partial charge in [0.1, 0.15) is 10.6 Å². The molecule has 6 rings (SSSR count). The van der Waals surface area contributed by atoms with Crippen LogP contribution in [0.5, 0.6) is 0 Å². The van der Waals surface area contributed by atoms with Gasteiger partial charge in [0, 0.05) is 23.2 Å². The number of nitrogens with zero attached hydrogens (tertiary/aromatic N) is 4. The summed E-state index contributed by atoms with van der Waals surface area (Å²) in [7, 11) is -4.61. The molecule has 1 aliphatic heterocycles. The molecule has 1 amide bonds. The van der Waals surface area contributed by atoms with Gasteiger partial charge in [-0.25, -0.2) is 17.2 Å². The zero-order valence-corrected chi connectivity index (χ0v) is 24.0. The molecule has 0 bridgehead atoms. The normalized spacial score (nSPS) is 20.3. The van der Waals surface area contributed by atoms with Crippen LogP contribution in [0.25, 0.3) is 11.4 Å². The Labute approximate surface area is 255 Å². The number of hydrogen-bond acceptors (Lipinski definition) is 6. The van der Waals surface area contributed by atoms with E-state index in [1.807, 2.05) is 0 Å². The standard InChI is InChI=1S/C29H21F8N5O3S/c30-20-7-9-21(10-8-20)46(44,45)26-13-14-42(25(43)17-3-1-16(2-4-17)24-38-40-41-39-24)23(26)12-5-18-15-19(6-11-22(18)26)27(31,28(32,33)34)29(35,36)37/h1-4,6-11,15,23H,5,12-14H2,(H,38,39,40,41)/t23-,26-/m1/s1.